The highest BCUT2D eigenvalue weighted by molar-refractivity contribution is 7.17. The number of likely N-dealkylation sites (tertiary alicyclic amines) is 1. The van der Waals surface area contributed by atoms with Gasteiger partial charge in [-0.3, -0.25) is 0 Å². The summed E-state index contributed by atoms with van der Waals surface area (Å²) < 4.78 is 19.7. The number of hydrogen-bond acceptors (Lipinski definition) is 7. The molecule has 4 rings (SSSR count). The number of esters is 1. The van der Waals surface area contributed by atoms with E-state index in [1.165, 1.54) is 23.8 Å². The first-order chi connectivity index (χ1) is 14.5. The number of carbonyl (C=O) groups is 1. The van der Waals surface area contributed by atoms with Crippen LogP contribution in [-0.4, -0.2) is 53.9 Å². The van der Waals surface area contributed by atoms with E-state index < -0.39 is 5.97 Å². The van der Waals surface area contributed by atoms with Crippen molar-refractivity contribution in [1.29, 1.82) is 0 Å². The molecule has 1 aliphatic heterocycles. The molecule has 8 heteroatoms. The van der Waals surface area contributed by atoms with Gasteiger partial charge in [0.15, 0.2) is 5.82 Å². The molecule has 158 valence electrons. The van der Waals surface area contributed by atoms with Crippen molar-refractivity contribution < 1.29 is 13.9 Å². The minimum Gasteiger partial charge on any atom is -0.465 e. The van der Waals surface area contributed by atoms with E-state index in [2.05, 4.69) is 27.3 Å². The van der Waals surface area contributed by atoms with Gasteiger partial charge in [0, 0.05) is 33.6 Å². The van der Waals surface area contributed by atoms with Gasteiger partial charge < -0.3 is 15.0 Å². The number of ether oxygens (including phenoxy) is 1. The third-order valence-electron chi connectivity index (χ3n) is 5.70. The van der Waals surface area contributed by atoms with Crippen LogP contribution in [0.5, 0.6) is 0 Å². The third-order valence-corrected chi connectivity index (χ3v) is 6.62. The van der Waals surface area contributed by atoms with Crippen LogP contribution in [0.15, 0.2) is 23.6 Å². The maximum atomic E-state index is 13.8. The number of nitrogens with one attached hydrogen (secondary N) is 1. The summed E-state index contributed by atoms with van der Waals surface area (Å²) >= 11 is 1.34. The normalized spacial score (nSPS) is 17.3. The molecule has 0 spiro atoms. The summed E-state index contributed by atoms with van der Waals surface area (Å²) in [5, 5.41) is 14.3. The smallest absolute Gasteiger partial charge is 0.342 e. The average Bonchev–Trinajstić information content (AvgIpc) is 3.13. The first-order valence-corrected chi connectivity index (χ1v) is 11.0. The van der Waals surface area contributed by atoms with Gasteiger partial charge in [-0.15, -0.1) is 21.5 Å². The number of halogens is 1. The number of methoxy groups -OCH3 is 1. The number of rotatable bonds is 5. The van der Waals surface area contributed by atoms with Gasteiger partial charge in [-0.25, -0.2) is 9.18 Å². The van der Waals surface area contributed by atoms with E-state index in [1.807, 2.05) is 19.1 Å². The SMILES string of the molecule is CCN1CCC[C@@H](Nc2nnc(-c3ccc4c(F)csc4c3)c(C)c2C(=O)OC)C1. The molecule has 0 bridgehead atoms. The van der Waals surface area contributed by atoms with Crippen LogP contribution in [0.3, 0.4) is 0 Å². The van der Waals surface area contributed by atoms with Gasteiger partial charge in [0.25, 0.3) is 0 Å². The summed E-state index contributed by atoms with van der Waals surface area (Å²) in [6.07, 6.45) is 2.11. The fraction of sp³-hybridized carbons (Fsp3) is 0.409. The van der Waals surface area contributed by atoms with Gasteiger partial charge in [-0.2, -0.15) is 0 Å². The fourth-order valence-corrected chi connectivity index (χ4v) is 4.89. The third kappa shape index (κ3) is 3.89. The standard InChI is InChI=1S/C22H25FN4O2S/c1-4-27-9-5-6-15(11-27)24-21-19(22(28)29-3)13(2)20(25-26-21)14-7-8-16-17(23)12-30-18(16)10-14/h7-8,10,12,15H,4-6,9,11H2,1-3H3,(H,24,26)/t15-/m1/s1. The minimum absolute atomic E-state index is 0.201. The highest BCUT2D eigenvalue weighted by Crippen LogP contribution is 2.33. The minimum atomic E-state index is -0.447. The van der Waals surface area contributed by atoms with E-state index in [0.717, 1.165) is 42.7 Å². The molecule has 1 aliphatic rings. The summed E-state index contributed by atoms with van der Waals surface area (Å²) in [5.41, 5.74) is 2.48. The molecule has 0 unspecified atom stereocenters. The van der Waals surface area contributed by atoms with Crippen molar-refractivity contribution in [3.8, 4) is 11.3 Å². The van der Waals surface area contributed by atoms with E-state index >= 15 is 0 Å². The lowest BCUT2D eigenvalue weighted by atomic mass is 10.0. The fourth-order valence-electron chi connectivity index (χ4n) is 4.05. The summed E-state index contributed by atoms with van der Waals surface area (Å²) in [6.45, 7) is 6.99. The summed E-state index contributed by atoms with van der Waals surface area (Å²) in [6, 6.07) is 5.63. The van der Waals surface area contributed by atoms with E-state index in [0.29, 0.717) is 28.0 Å². The molecular formula is C22H25FN4O2S. The molecule has 0 amide bonds. The lowest BCUT2D eigenvalue weighted by Gasteiger charge is -2.32. The Morgan fingerprint density at radius 3 is 3.00 bits per heavy atom. The van der Waals surface area contributed by atoms with Crippen LogP contribution in [0.4, 0.5) is 10.2 Å². The molecule has 30 heavy (non-hydrogen) atoms. The molecule has 1 fully saturated rings. The van der Waals surface area contributed by atoms with E-state index in [1.54, 1.807) is 6.07 Å². The second kappa shape index (κ2) is 8.65. The predicted molar refractivity (Wildman–Crippen MR) is 118 cm³/mol. The average molecular weight is 429 g/mol. The van der Waals surface area contributed by atoms with Gasteiger partial charge in [0.1, 0.15) is 11.4 Å². The number of anilines is 1. The zero-order valence-corrected chi connectivity index (χ0v) is 18.2. The maximum absolute atomic E-state index is 13.8. The quantitative estimate of drug-likeness (QED) is 0.604. The van der Waals surface area contributed by atoms with Crippen LogP contribution in [0.25, 0.3) is 21.3 Å². The van der Waals surface area contributed by atoms with Crippen LogP contribution < -0.4 is 5.32 Å². The number of aromatic nitrogens is 2. The number of piperidine rings is 1. The molecule has 3 aromatic rings. The number of benzene rings is 1. The number of nitrogens with zero attached hydrogens (tertiary/aromatic N) is 3. The molecule has 2 aromatic heterocycles. The van der Waals surface area contributed by atoms with Crippen molar-refractivity contribution >= 4 is 33.2 Å². The Labute approximate surface area is 179 Å². The van der Waals surface area contributed by atoms with Gasteiger partial charge >= 0.3 is 5.97 Å². The molecular weight excluding hydrogens is 403 g/mol. The Morgan fingerprint density at radius 1 is 1.40 bits per heavy atom. The van der Waals surface area contributed by atoms with Crippen LogP contribution in [-0.2, 0) is 4.74 Å². The number of fused-ring (bicyclic) bond motifs is 1. The lowest BCUT2D eigenvalue weighted by molar-refractivity contribution is 0.0600. The molecule has 6 nitrogen and oxygen atoms in total. The molecule has 1 N–H and O–H groups in total. The van der Waals surface area contributed by atoms with E-state index in [4.69, 9.17) is 4.74 Å². The Hall–Kier alpha value is -2.58. The molecule has 0 radical (unpaired) electrons. The Kier molecular flexibility index (Phi) is 5.97. The van der Waals surface area contributed by atoms with Crippen molar-refractivity contribution in [1.82, 2.24) is 15.1 Å². The number of thiophene rings is 1. The highest BCUT2D eigenvalue weighted by Gasteiger charge is 2.25. The molecule has 0 aliphatic carbocycles. The molecule has 1 atom stereocenters. The number of hydrogen-bond donors (Lipinski definition) is 1. The monoisotopic (exact) mass is 428 g/mol. The predicted octanol–water partition coefficient (Wildman–Crippen LogP) is 4.49. The number of likely N-dealkylation sites (N-methyl/N-ethyl adjacent to an activating group) is 1. The number of carbonyl (C=O) groups excluding carboxylic acids is 1. The summed E-state index contributed by atoms with van der Waals surface area (Å²) in [5.74, 6) is -0.223. The van der Waals surface area contributed by atoms with E-state index in [9.17, 15) is 9.18 Å². The van der Waals surface area contributed by atoms with Gasteiger partial charge in [0.05, 0.1) is 12.8 Å². The van der Waals surface area contributed by atoms with Crippen molar-refractivity contribution in [3.05, 3.63) is 40.5 Å². The van der Waals surface area contributed by atoms with Crippen LogP contribution in [0.2, 0.25) is 0 Å². The summed E-state index contributed by atoms with van der Waals surface area (Å²) in [4.78, 5) is 15.0. The summed E-state index contributed by atoms with van der Waals surface area (Å²) in [7, 11) is 1.37. The van der Waals surface area contributed by atoms with Crippen molar-refractivity contribution in [2.24, 2.45) is 0 Å². The maximum Gasteiger partial charge on any atom is 0.342 e. The van der Waals surface area contributed by atoms with Crippen molar-refractivity contribution in [3.63, 3.8) is 0 Å². The van der Waals surface area contributed by atoms with Crippen molar-refractivity contribution in [2.75, 3.05) is 32.1 Å². The van der Waals surface area contributed by atoms with E-state index in [-0.39, 0.29) is 11.9 Å². The molecule has 1 saturated heterocycles. The van der Waals surface area contributed by atoms with Gasteiger partial charge in [-0.05, 0) is 50.6 Å². The van der Waals surface area contributed by atoms with Crippen molar-refractivity contribution in [2.45, 2.75) is 32.7 Å². The topological polar surface area (TPSA) is 67.3 Å². The largest absolute Gasteiger partial charge is 0.465 e. The van der Waals surface area contributed by atoms with Gasteiger partial charge in [0.2, 0.25) is 0 Å². The van der Waals surface area contributed by atoms with Crippen LogP contribution >= 0.6 is 11.3 Å². The Bertz CT molecular complexity index is 1080. The first kappa shape index (κ1) is 20.7. The Balaban J connectivity index is 1.72. The second-order valence-electron chi connectivity index (χ2n) is 7.56. The Morgan fingerprint density at radius 2 is 2.23 bits per heavy atom. The molecule has 3 heterocycles. The zero-order chi connectivity index (χ0) is 21.3. The first-order valence-electron chi connectivity index (χ1n) is 10.1. The second-order valence-corrected chi connectivity index (χ2v) is 8.47. The molecule has 0 saturated carbocycles. The van der Waals surface area contributed by atoms with Crippen LogP contribution in [0, 0.1) is 12.7 Å². The van der Waals surface area contributed by atoms with Crippen LogP contribution in [0.1, 0.15) is 35.7 Å². The van der Waals surface area contributed by atoms with Gasteiger partial charge in [-0.1, -0.05) is 13.0 Å². The highest BCUT2D eigenvalue weighted by atomic mass is 32.1. The molecule has 1 aromatic carbocycles. The zero-order valence-electron chi connectivity index (χ0n) is 17.4. The lowest BCUT2D eigenvalue weighted by Crippen LogP contribution is -2.42.